The third-order valence-electron chi connectivity index (χ3n) is 11.0. The van der Waals surface area contributed by atoms with Gasteiger partial charge >= 0.3 is 0 Å². The van der Waals surface area contributed by atoms with E-state index in [2.05, 4.69) is 66.6 Å². The second-order valence-electron chi connectivity index (χ2n) is 15.9. The molecule has 5 rings (SSSR count). The molecule has 266 valence electrons. The minimum atomic E-state index is -2.18. The van der Waals surface area contributed by atoms with E-state index in [4.69, 9.17) is 4.43 Å². The van der Waals surface area contributed by atoms with Crippen LogP contribution in [0.2, 0.25) is 18.1 Å². The van der Waals surface area contributed by atoms with E-state index in [1.807, 2.05) is 51.5 Å². The normalized spacial score (nSPS) is 23.0. The summed E-state index contributed by atoms with van der Waals surface area (Å²) in [5.74, 6) is -0.0717. The Labute approximate surface area is 296 Å². The molecule has 2 amide bonds. The van der Waals surface area contributed by atoms with Crippen molar-refractivity contribution in [3.05, 3.63) is 52.9 Å². The van der Waals surface area contributed by atoms with Crippen LogP contribution in [0.25, 0.3) is 10.4 Å². The number of rotatable bonds is 11. The minimum absolute atomic E-state index is 0.0109. The minimum Gasteiger partial charge on any atom is -0.412 e. The van der Waals surface area contributed by atoms with Gasteiger partial charge in [-0.15, -0.1) is 16.4 Å². The molecule has 0 radical (unpaired) electrons. The highest BCUT2D eigenvalue weighted by Gasteiger charge is 2.47. The van der Waals surface area contributed by atoms with Crippen molar-refractivity contribution in [2.24, 2.45) is 11.8 Å². The van der Waals surface area contributed by atoms with Crippen LogP contribution in [-0.4, -0.2) is 70.0 Å². The predicted molar refractivity (Wildman–Crippen MR) is 196 cm³/mol. The Kier molecular flexibility index (Phi) is 11.3. The van der Waals surface area contributed by atoms with E-state index in [0.717, 1.165) is 59.4 Å². The number of likely N-dealkylation sites (tertiary alicyclic amines) is 1. The van der Waals surface area contributed by atoms with Gasteiger partial charge in [-0.1, -0.05) is 64.1 Å². The number of carbonyl (C=O) groups is 3. The molecule has 2 aromatic heterocycles. The Bertz CT molecular complexity index is 1600. The highest BCUT2D eigenvalue weighted by atomic mass is 32.1. The maximum atomic E-state index is 14.6. The fraction of sp³-hybridized carbons (Fsp3) is 0.622. The highest BCUT2D eigenvalue weighted by molar-refractivity contribution is 7.13. The van der Waals surface area contributed by atoms with E-state index in [-0.39, 0.29) is 46.8 Å². The first-order chi connectivity index (χ1) is 23.1. The molecule has 1 saturated heterocycles. The molecule has 2 fully saturated rings. The number of hydrogen-bond donors (Lipinski definition) is 1. The van der Waals surface area contributed by atoms with Gasteiger partial charge in [0.2, 0.25) is 11.8 Å². The predicted octanol–water partition coefficient (Wildman–Crippen LogP) is 7.25. The molecule has 1 aliphatic heterocycles. The fourth-order valence-corrected chi connectivity index (χ4v) is 9.07. The van der Waals surface area contributed by atoms with E-state index in [9.17, 15) is 14.4 Å². The average molecular weight is 707 g/mol. The Morgan fingerprint density at radius 1 is 1.08 bits per heavy atom. The van der Waals surface area contributed by atoms with Crippen molar-refractivity contribution in [1.82, 2.24) is 30.2 Å². The third-order valence-corrected chi connectivity index (χ3v) is 16.5. The van der Waals surface area contributed by atoms with E-state index < -0.39 is 20.4 Å². The second kappa shape index (κ2) is 14.9. The first kappa shape index (κ1) is 37.0. The number of aryl methyl sites for hydroxylation is 1. The first-order valence-corrected chi connectivity index (χ1v) is 21.5. The molecule has 4 atom stereocenters. The summed E-state index contributed by atoms with van der Waals surface area (Å²) in [5.41, 5.74) is 5.81. The van der Waals surface area contributed by atoms with Crippen molar-refractivity contribution in [2.45, 2.75) is 129 Å². The molecule has 0 unspecified atom stereocenters. The van der Waals surface area contributed by atoms with Gasteiger partial charge in [-0.05, 0) is 74.7 Å². The van der Waals surface area contributed by atoms with E-state index in [0.29, 0.717) is 13.0 Å². The molecule has 1 saturated carbocycles. The van der Waals surface area contributed by atoms with E-state index in [1.165, 1.54) is 0 Å². The van der Waals surface area contributed by atoms with Crippen LogP contribution in [0, 0.1) is 18.8 Å². The summed E-state index contributed by atoms with van der Waals surface area (Å²) in [5, 5.41) is 12.2. The molecule has 1 aliphatic carbocycles. The molecule has 2 aliphatic rings. The number of nitrogens with zero attached hydrogens (tertiary/aromatic N) is 5. The van der Waals surface area contributed by atoms with E-state index >= 15 is 0 Å². The van der Waals surface area contributed by atoms with Crippen molar-refractivity contribution >= 4 is 37.8 Å². The number of thiazole rings is 1. The molecule has 3 heterocycles. The maximum absolute atomic E-state index is 14.6. The van der Waals surface area contributed by atoms with Crippen LogP contribution in [0.5, 0.6) is 0 Å². The van der Waals surface area contributed by atoms with Crippen molar-refractivity contribution < 1.29 is 18.8 Å². The number of aromatic nitrogens is 4. The van der Waals surface area contributed by atoms with Crippen LogP contribution in [0.15, 0.2) is 36.0 Å². The molecule has 1 aromatic carbocycles. The standard InChI is InChI=1S/C37H54N6O4SSi/c1-23(2)33(43-20-31(40-41-43)28-12-10-26(21-44)11-13-28)36(46)42-19-30(47-49(8,9)37(5,6)7)18-32(42)35(45)39-24(3)27-14-16-29(17-15-27)34-25(4)38-22-48-34/h14-17,20-24,26,28,30,32-33H,10-13,18-19H2,1-9H3,(H,39,45)/t24-,26?,28?,30+,32-,33-/m0/s1. The zero-order chi connectivity index (χ0) is 35.7. The summed E-state index contributed by atoms with van der Waals surface area (Å²) in [6, 6.07) is 6.68. The molecule has 0 spiro atoms. The lowest BCUT2D eigenvalue weighted by Gasteiger charge is -2.38. The summed E-state index contributed by atoms with van der Waals surface area (Å²) < 4.78 is 8.51. The van der Waals surface area contributed by atoms with Crippen LogP contribution >= 0.6 is 11.3 Å². The summed E-state index contributed by atoms with van der Waals surface area (Å²) in [4.78, 5) is 47.2. The van der Waals surface area contributed by atoms with Crippen molar-refractivity contribution in [1.29, 1.82) is 0 Å². The van der Waals surface area contributed by atoms with E-state index in [1.54, 1.807) is 20.9 Å². The summed E-state index contributed by atoms with van der Waals surface area (Å²) >= 11 is 1.62. The van der Waals surface area contributed by atoms with Crippen LogP contribution < -0.4 is 5.32 Å². The van der Waals surface area contributed by atoms with Gasteiger partial charge in [-0.3, -0.25) is 9.59 Å². The van der Waals surface area contributed by atoms with Crippen LogP contribution in [-0.2, 0) is 18.8 Å². The summed E-state index contributed by atoms with van der Waals surface area (Å²) in [7, 11) is -2.18. The topological polar surface area (TPSA) is 119 Å². The number of benzene rings is 1. The average Bonchev–Trinajstić information content (AvgIpc) is 3.81. The SMILES string of the molecule is Cc1ncsc1-c1ccc([C@H](C)NC(=O)[C@@H]2C[C@@H](O[Si](C)(C)C(C)(C)C)CN2C(=O)[C@H](C(C)C)n2cc(C3CCC(C=O)CC3)nn2)cc1. The van der Waals surface area contributed by atoms with Gasteiger partial charge in [0.15, 0.2) is 8.32 Å². The second-order valence-corrected chi connectivity index (χ2v) is 21.5. The zero-order valence-corrected chi connectivity index (χ0v) is 32.4. The van der Waals surface area contributed by atoms with Crippen LogP contribution in [0.1, 0.15) is 109 Å². The lowest BCUT2D eigenvalue weighted by molar-refractivity contribution is -0.142. The number of hydrogen-bond acceptors (Lipinski definition) is 8. The van der Waals surface area contributed by atoms with Gasteiger partial charge in [0.25, 0.3) is 0 Å². The largest absolute Gasteiger partial charge is 0.412 e. The van der Waals surface area contributed by atoms with Gasteiger partial charge in [-0.25, -0.2) is 9.67 Å². The molecule has 10 nitrogen and oxygen atoms in total. The lowest BCUT2D eigenvalue weighted by Crippen LogP contribution is -2.49. The lowest BCUT2D eigenvalue weighted by atomic mass is 9.81. The Morgan fingerprint density at radius 3 is 2.33 bits per heavy atom. The summed E-state index contributed by atoms with van der Waals surface area (Å²) in [6.45, 7) is 19.4. The van der Waals surface area contributed by atoms with Crippen molar-refractivity contribution in [2.75, 3.05) is 6.54 Å². The van der Waals surface area contributed by atoms with Crippen molar-refractivity contribution in [3.8, 4) is 10.4 Å². The molecule has 49 heavy (non-hydrogen) atoms. The quantitative estimate of drug-likeness (QED) is 0.165. The van der Waals surface area contributed by atoms with Gasteiger partial charge in [0.05, 0.1) is 33.9 Å². The maximum Gasteiger partial charge on any atom is 0.248 e. The van der Waals surface area contributed by atoms with Gasteiger partial charge < -0.3 is 19.4 Å². The Balaban J connectivity index is 1.36. The molecule has 12 heteroatoms. The van der Waals surface area contributed by atoms with Crippen molar-refractivity contribution in [3.63, 3.8) is 0 Å². The first-order valence-electron chi connectivity index (χ1n) is 17.8. The van der Waals surface area contributed by atoms with Gasteiger partial charge in [0.1, 0.15) is 18.4 Å². The highest BCUT2D eigenvalue weighted by Crippen LogP contribution is 2.40. The molecular formula is C37H54N6O4SSi. The number of nitrogens with one attached hydrogen (secondary N) is 1. The monoisotopic (exact) mass is 706 g/mol. The number of carbonyl (C=O) groups excluding carboxylic acids is 3. The van der Waals surface area contributed by atoms with Crippen LogP contribution in [0.3, 0.4) is 0 Å². The Hall–Kier alpha value is -3.22. The molecule has 1 N–H and O–H groups in total. The number of aldehydes is 1. The third kappa shape index (κ3) is 8.23. The molecular weight excluding hydrogens is 653 g/mol. The van der Waals surface area contributed by atoms with Gasteiger partial charge in [-0.2, -0.15) is 0 Å². The molecule has 0 bridgehead atoms. The fourth-order valence-electron chi connectivity index (χ4n) is 6.90. The molecule has 3 aromatic rings. The summed E-state index contributed by atoms with van der Waals surface area (Å²) in [6.07, 6.45) is 6.63. The smallest absolute Gasteiger partial charge is 0.248 e. The number of amides is 2. The Morgan fingerprint density at radius 2 is 1.76 bits per heavy atom. The van der Waals surface area contributed by atoms with Crippen LogP contribution in [0.4, 0.5) is 0 Å². The zero-order valence-electron chi connectivity index (χ0n) is 30.6. The van der Waals surface area contributed by atoms with Gasteiger partial charge in [0, 0.05) is 31.0 Å².